The van der Waals surface area contributed by atoms with Gasteiger partial charge in [0.2, 0.25) is 0 Å². The Morgan fingerprint density at radius 3 is 2.90 bits per heavy atom. The Balaban J connectivity index is 2.20. The molecule has 0 bridgehead atoms. The molecule has 1 fully saturated rings. The van der Waals surface area contributed by atoms with Crippen molar-refractivity contribution in [3.63, 3.8) is 0 Å². The highest BCUT2D eigenvalue weighted by Crippen LogP contribution is 2.33. The van der Waals surface area contributed by atoms with Gasteiger partial charge in [0.15, 0.2) is 0 Å². The first-order valence-corrected chi connectivity index (χ1v) is 5.84. The molecule has 1 aliphatic rings. The smallest absolute Gasteiger partial charge is 0.416 e. The van der Waals surface area contributed by atoms with Crippen LogP contribution in [-0.4, -0.2) is 35.3 Å². The molecule has 0 amide bonds. The Labute approximate surface area is 112 Å². The minimum Gasteiger partial charge on any atom is -0.481 e. The lowest BCUT2D eigenvalue weighted by Crippen LogP contribution is -2.43. The summed E-state index contributed by atoms with van der Waals surface area (Å²) in [4.78, 5) is 15.0. The zero-order chi connectivity index (χ0) is 15.0. The fourth-order valence-electron chi connectivity index (χ4n) is 1.95. The summed E-state index contributed by atoms with van der Waals surface area (Å²) in [6.07, 6.45) is -3.44. The highest BCUT2D eigenvalue weighted by molar-refractivity contribution is 5.76. The van der Waals surface area contributed by atoms with Crippen LogP contribution in [0.4, 0.5) is 19.0 Å². The van der Waals surface area contributed by atoms with Crippen LogP contribution in [0.1, 0.15) is 12.5 Å². The molecular weight excluding hydrogens is 277 g/mol. The number of aromatic nitrogens is 1. The van der Waals surface area contributed by atoms with E-state index in [1.165, 1.54) is 6.92 Å². The Morgan fingerprint density at radius 1 is 1.60 bits per heavy atom. The molecule has 20 heavy (non-hydrogen) atoms. The molecule has 110 valence electrons. The molecule has 5 nitrogen and oxygen atoms in total. The molecule has 2 unspecified atom stereocenters. The van der Waals surface area contributed by atoms with Crippen LogP contribution in [0.15, 0.2) is 18.3 Å². The number of hydrogen-bond donors (Lipinski definition) is 2. The number of hydrogen-bond acceptors (Lipinski definition) is 4. The van der Waals surface area contributed by atoms with Gasteiger partial charge < -0.3 is 15.2 Å². The molecule has 1 aromatic rings. The van der Waals surface area contributed by atoms with Crippen molar-refractivity contribution >= 4 is 11.8 Å². The predicted molar refractivity (Wildman–Crippen MR) is 63.2 cm³/mol. The van der Waals surface area contributed by atoms with E-state index in [0.29, 0.717) is 0 Å². The summed E-state index contributed by atoms with van der Waals surface area (Å²) < 4.78 is 42.9. The Hall–Kier alpha value is -1.83. The van der Waals surface area contributed by atoms with Gasteiger partial charge in [0.25, 0.3) is 0 Å². The van der Waals surface area contributed by atoms with E-state index >= 15 is 0 Å². The van der Waals surface area contributed by atoms with E-state index in [-0.39, 0.29) is 19.0 Å². The van der Waals surface area contributed by atoms with Crippen molar-refractivity contribution < 1.29 is 27.8 Å². The number of aliphatic carboxylic acids is 1. The zero-order valence-corrected chi connectivity index (χ0v) is 10.6. The lowest BCUT2D eigenvalue weighted by Gasteiger charge is -2.26. The number of pyridine rings is 1. The van der Waals surface area contributed by atoms with Gasteiger partial charge in [-0.2, -0.15) is 13.2 Å². The predicted octanol–water partition coefficient (Wildman–Crippen LogP) is 2.00. The van der Waals surface area contributed by atoms with Crippen molar-refractivity contribution in [1.82, 2.24) is 4.98 Å². The number of alkyl halides is 3. The SMILES string of the molecule is CC1(C(=O)O)COCC1Nc1cc(C(F)(F)F)ccn1. The maximum absolute atomic E-state index is 12.6. The molecule has 1 aromatic heterocycles. The van der Waals surface area contributed by atoms with Crippen LogP contribution in [0, 0.1) is 5.41 Å². The third kappa shape index (κ3) is 2.69. The highest BCUT2D eigenvalue weighted by atomic mass is 19.4. The molecular formula is C12H13F3N2O3. The number of ether oxygens (including phenoxy) is 1. The molecule has 0 aromatic carbocycles. The Kier molecular flexibility index (Phi) is 3.59. The van der Waals surface area contributed by atoms with Crippen LogP contribution in [-0.2, 0) is 15.7 Å². The minimum atomic E-state index is -4.47. The molecule has 0 spiro atoms. The molecule has 8 heteroatoms. The molecule has 2 N–H and O–H groups in total. The summed E-state index contributed by atoms with van der Waals surface area (Å²) in [5.74, 6) is -1.10. The van der Waals surface area contributed by atoms with E-state index < -0.39 is 29.2 Å². The minimum absolute atomic E-state index is 0.00103. The van der Waals surface area contributed by atoms with Gasteiger partial charge in [-0.25, -0.2) is 4.98 Å². The van der Waals surface area contributed by atoms with Crippen molar-refractivity contribution in [1.29, 1.82) is 0 Å². The summed E-state index contributed by atoms with van der Waals surface area (Å²) >= 11 is 0. The summed E-state index contributed by atoms with van der Waals surface area (Å²) in [7, 11) is 0. The quantitative estimate of drug-likeness (QED) is 0.891. The van der Waals surface area contributed by atoms with Crippen LogP contribution in [0.3, 0.4) is 0 Å². The number of nitrogens with one attached hydrogen (secondary N) is 1. The fraction of sp³-hybridized carbons (Fsp3) is 0.500. The van der Waals surface area contributed by atoms with Gasteiger partial charge >= 0.3 is 12.1 Å². The summed E-state index contributed by atoms with van der Waals surface area (Å²) in [6, 6.07) is 1.06. The Bertz CT molecular complexity index is 521. The van der Waals surface area contributed by atoms with Crippen LogP contribution < -0.4 is 5.32 Å². The molecule has 0 radical (unpaired) electrons. The monoisotopic (exact) mass is 290 g/mol. The van der Waals surface area contributed by atoms with E-state index in [1.54, 1.807) is 0 Å². The molecule has 2 rings (SSSR count). The van der Waals surface area contributed by atoms with Crippen LogP contribution in [0.2, 0.25) is 0 Å². The highest BCUT2D eigenvalue weighted by Gasteiger charge is 2.47. The molecule has 1 saturated heterocycles. The second-order valence-electron chi connectivity index (χ2n) is 4.86. The van der Waals surface area contributed by atoms with E-state index in [9.17, 15) is 23.1 Å². The van der Waals surface area contributed by atoms with Crippen LogP contribution in [0.5, 0.6) is 0 Å². The van der Waals surface area contributed by atoms with Crippen molar-refractivity contribution in [2.45, 2.75) is 19.1 Å². The summed E-state index contributed by atoms with van der Waals surface area (Å²) in [5.41, 5.74) is -2.04. The van der Waals surface area contributed by atoms with Gasteiger partial charge in [0.05, 0.1) is 24.8 Å². The van der Waals surface area contributed by atoms with Gasteiger partial charge in [0.1, 0.15) is 11.2 Å². The van der Waals surface area contributed by atoms with Crippen LogP contribution >= 0.6 is 0 Å². The van der Waals surface area contributed by atoms with E-state index in [1.807, 2.05) is 0 Å². The number of carboxylic acids is 1. The van der Waals surface area contributed by atoms with Crippen molar-refractivity contribution in [2.75, 3.05) is 18.5 Å². The summed E-state index contributed by atoms with van der Waals surface area (Å²) in [6.45, 7) is 1.58. The number of halogens is 3. The number of anilines is 1. The zero-order valence-electron chi connectivity index (χ0n) is 10.6. The first kappa shape index (κ1) is 14.6. The fourth-order valence-corrected chi connectivity index (χ4v) is 1.95. The van der Waals surface area contributed by atoms with E-state index in [2.05, 4.69) is 10.3 Å². The summed E-state index contributed by atoms with van der Waals surface area (Å²) in [5, 5.41) is 11.9. The molecule has 1 aliphatic heterocycles. The third-order valence-corrected chi connectivity index (χ3v) is 3.35. The standard InChI is InChI=1S/C12H13F3N2O3/c1-11(10(18)19)6-20-5-8(11)17-9-4-7(2-3-16-9)12(13,14)15/h2-4,8H,5-6H2,1H3,(H,16,17)(H,18,19). The number of carboxylic acid groups (broad SMARTS) is 1. The average molecular weight is 290 g/mol. The largest absolute Gasteiger partial charge is 0.481 e. The Morgan fingerprint density at radius 2 is 2.30 bits per heavy atom. The molecule has 2 heterocycles. The topological polar surface area (TPSA) is 71.5 Å². The molecule has 2 atom stereocenters. The lowest BCUT2D eigenvalue weighted by molar-refractivity contribution is -0.148. The van der Waals surface area contributed by atoms with Gasteiger partial charge in [-0.15, -0.1) is 0 Å². The van der Waals surface area contributed by atoms with Gasteiger partial charge in [0, 0.05) is 6.20 Å². The first-order chi connectivity index (χ1) is 9.23. The number of carbonyl (C=O) groups is 1. The maximum atomic E-state index is 12.6. The third-order valence-electron chi connectivity index (χ3n) is 3.35. The van der Waals surface area contributed by atoms with E-state index in [4.69, 9.17) is 4.74 Å². The molecule has 0 saturated carbocycles. The van der Waals surface area contributed by atoms with Gasteiger partial charge in [-0.3, -0.25) is 4.79 Å². The number of rotatable bonds is 3. The van der Waals surface area contributed by atoms with Gasteiger partial charge in [-0.1, -0.05) is 0 Å². The number of nitrogens with zero attached hydrogens (tertiary/aromatic N) is 1. The van der Waals surface area contributed by atoms with E-state index in [0.717, 1.165) is 18.3 Å². The molecule has 0 aliphatic carbocycles. The van der Waals surface area contributed by atoms with Gasteiger partial charge in [-0.05, 0) is 19.1 Å². The lowest BCUT2D eigenvalue weighted by atomic mass is 9.85. The van der Waals surface area contributed by atoms with Crippen LogP contribution in [0.25, 0.3) is 0 Å². The maximum Gasteiger partial charge on any atom is 0.416 e. The second-order valence-corrected chi connectivity index (χ2v) is 4.86. The van der Waals surface area contributed by atoms with Crippen molar-refractivity contribution in [3.05, 3.63) is 23.9 Å². The van der Waals surface area contributed by atoms with Crippen molar-refractivity contribution in [2.24, 2.45) is 5.41 Å². The average Bonchev–Trinajstić information content (AvgIpc) is 2.72. The first-order valence-electron chi connectivity index (χ1n) is 5.84. The second kappa shape index (κ2) is 4.93. The normalized spacial score (nSPS) is 26.5. The van der Waals surface area contributed by atoms with Crippen molar-refractivity contribution in [3.8, 4) is 0 Å².